The first-order chi connectivity index (χ1) is 12.0. The minimum absolute atomic E-state index is 0.0569. The summed E-state index contributed by atoms with van der Waals surface area (Å²) in [6, 6.07) is 7.94. The van der Waals surface area contributed by atoms with E-state index in [-0.39, 0.29) is 17.9 Å². The van der Waals surface area contributed by atoms with Crippen molar-refractivity contribution in [3.05, 3.63) is 58.1 Å². The van der Waals surface area contributed by atoms with E-state index in [0.717, 1.165) is 11.3 Å². The van der Waals surface area contributed by atoms with Gasteiger partial charge >= 0.3 is 0 Å². The second-order valence-electron chi connectivity index (χ2n) is 6.16. The molecular weight excluding hydrogens is 316 g/mol. The van der Waals surface area contributed by atoms with Crippen molar-refractivity contribution in [2.75, 3.05) is 6.54 Å². The van der Waals surface area contributed by atoms with Gasteiger partial charge in [0.2, 0.25) is 5.91 Å². The molecule has 1 aromatic carbocycles. The number of amides is 1. The van der Waals surface area contributed by atoms with Gasteiger partial charge in [-0.3, -0.25) is 9.59 Å². The molecule has 0 atom stereocenters. The van der Waals surface area contributed by atoms with Gasteiger partial charge in [-0.1, -0.05) is 12.1 Å². The molecule has 130 valence electrons. The summed E-state index contributed by atoms with van der Waals surface area (Å²) in [5.74, 6) is -0.0569. The minimum Gasteiger partial charge on any atom is -0.356 e. The zero-order valence-electron chi connectivity index (χ0n) is 14.7. The third-order valence-corrected chi connectivity index (χ3v) is 4.36. The molecule has 6 heteroatoms. The summed E-state index contributed by atoms with van der Waals surface area (Å²) >= 11 is 0. The quantitative estimate of drug-likeness (QED) is 0.776. The van der Waals surface area contributed by atoms with Crippen molar-refractivity contribution in [3.8, 4) is 11.3 Å². The van der Waals surface area contributed by atoms with Crippen molar-refractivity contribution in [1.29, 1.82) is 0 Å². The fourth-order valence-corrected chi connectivity index (χ4v) is 2.75. The van der Waals surface area contributed by atoms with Crippen LogP contribution in [0.15, 0.2) is 41.5 Å². The molecule has 0 bridgehead atoms. The topological polar surface area (TPSA) is 68.4 Å². The van der Waals surface area contributed by atoms with Crippen molar-refractivity contribution in [2.24, 2.45) is 0 Å². The van der Waals surface area contributed by atoms with E-state index in [1.54, 1.807) is 27.5 Å². The maximum absolute atomic E-state index is 12.6. The number of fused-ring (bicyclic) bond motifs is 1. The predicted octanol–water partition coefficient (Wildman–Crippen LogP) is 2.31. The Labute approximate surface area is 146 Å². The van der Waals surface area contributed by atoms with E-state index in [9.17, 15) is 9.59 Å². The van der Waals surface area contributed by atoms with Crippen LogP contribution in [0, 0.1) is 13.8 Å². The third kappa shape index (κ3) is 3.47. The number of benzene rings is 1. The summed E-state index contributed by atoms with van der Waals surface area (Å²) in [6.07, 6.45) is 3.70. The smallest absolute Gasteiger partial charge is 0.276 e. The van der Waals surface area contributed by atoms with Crippen LogP contribution in [0.25, 0.3) is 16.8 Å². The number of nitrogens with one attached hydrogen (secondary N) is 1. The van der Waals surface area contributed by atoms with Crippen LogP contribution in [0.4, 0.5) is 0 Å². The number of carbonyl (C=O) groups is 1. The first-order valence-electron chi connectivity index (χ1n) is 8.42. The van der Waals surface area contributed by atoms with E-state index in [1.165, 1.54) is 11.1 Å². The molecule has 25 heavy (non-hydrogen) atoms. The highest BCUT2D eigenvalue weighted by Crippen LogP contribution is 2.21. The molecule has 6 nitrogen and oxygen atoms in total. The van der Waals surface area contributed by atoms with Crippen LogP contribution in [0.2, 0.25) is 0 Å². The molecule has 0 saturated carbocycles. The predicted molar refractivity (Wildman–Crippen MR) is 97.7 cm³/mol. The molecule has 3 rings (SSSR count). The fraction of sp³-hybridized carbons (Fsp3) is 0.316. The summed E-state index contributed by atoms with van der Waals surface area (Å²) in [7, 11) is 0. The average Bonchev–Trinajstić information content (AvgIpc) is 3.02. The lowest BCUT2D eigenvalue weighted by atomic mass is 10.0. The van der Waals surface area contributed by atoms with Gasteiger partial charge in [-0.15, -0.1) is 0 Å². The Hall–Kier alpha value is -2.89. The monoisotopic (exact) mass is 338 g/mol. The van der Waals surface area contributed by atoms with Gasteiger partial charge in [-0.25, -0.2) is 4.52 Å². The summed E-state index contributed by atoms with van der Waals surface area (Å²) in [4.78, 5) is 24.2. The maximum Gasteiger partial charge on any atom is 0.276 e. The molecule has 0 fully saturated rings. The van der Waals surface area contributed by atoms with Crippen LogP contribution in [0.3, 0.4) is 0 Å². The molecule has 2 aromatic heterocycles. The molecule has 0 aliphatic carbocycles. The van der Waals surface area contributed by atoms with Crippen LogP contribution in [-0.2, 0) is 11.3 Å². The highest BCUT2D eigenvalue weighted by atomic mass is 16.1. The molecule has 0 unspecified atom stereocenters. The summed E-state index contributed by atoms with van der Waals surface area (Å²) < 4.78 is 3.14. The molecule has 3 aromatic rings. The first-order valence-corrected chi connectivity index (χ1v) is 8.42. The van der Waals surface area contributed by atoms with Crippen LogP contribution in [0.1, 0.15) is 24.5 Å². The van der Waals surface area contributed by atoms with E-state index in [0.29, 0.717) is 18.6 Å². The van der Waals surface area contributed by atoms with Crippen LogP contribution in [-0.4, -0.2) is 26.6 Å². The molecule has 0 aliphatic heterocycles. The van der Waals surface area contributed by atoms with Gasteiger partial charge in [0.25, 0.3) is 5.56 Å². The second-order valence-corrected chi connectivity index (χ2v) is 6.16. The Kier molecular flexibility index (Phi) is 4.70. The number of hydrogen-bond donors (Lipinski definition) is 1. The van der Waals surface area contributed by atoms with Gasteiger partial charge in [0.05, 0.1) is 5.69 Å². The maximum atomic E-state index is 12.6. The Morgan fingerprint density at radius 1 is 1.16 bits per heavy atom. The SMILES string of the molecule is CCNC(=O)CCn1ccn2nc(-c3ccc(C)c(C)c3)cc2c1=O. The highest BCUT2D eigenvalue weighted by Gasteiger charge is 2.10. The van der Waals surface area contributed by atoms with Gasteiger partial charge in [0.1, 0.15) is 5.52 Å². The van der Waals surface area contributed by atoms with Gasteiger partial charge in [0, 0.05) is 37.5 Å². The lowest BCUT2D eigenvalue weighted by molar-refractivity contribution is -0.121. The van der Waals surface area contributed by atoms with E-state index >= 15 is 0 Å². The lowest BCUT2D eigenvalue weighted by Gasteiger charge is -2.05. The zero-order chi connectivity index (χ0) is 18.0. The Balaban J connectivity index is 1.92. The van der Waals surface area contributed by atoms with E-state index in [2.05, 4.69) is 36.4 Å². The molecule has 0 spiro atoms. The number of rotatable bonds is 5. The van der Waals surface area contributed by atoms with Gasteiger partial charge in [0.15, 0.2) is 0 Å². The van der Waals surface area contributed by atoms with Gasteiger partial charge in [-0.2, -0.15) is 5.10 Å². The lowest BCUT2D eigenvalue weighted by Crippen LogP contribution is -2.27. The van der Waals surface area contributed by atoms with E-state index < -0.39 is 0 Å². The van der Waals surface area contributed by atoms with Crippen LogP contribution >= 0.6 is 0 Å². The minimum atomic E-state index is -0.144. The molecule has 0 saturated heterocycles. The number of aryl methyl sites for hydroxylation is 3. The molecule has 0 radical (unpaired) electrons. The van der Waals surface area contributed by atoms with Crippen LogP contribution < -0.4 is 10.9 Å². The Morgan fingerprint density at radius 3 is 2.68 bits per heavy atom. The molecule has 0 aliphatic rings. The standard InChI is InChI=1S/C19H22N4O2/c1-4-20-18(24)7-8-22-9-10-23-17(19(22)25)12-16(21-23)15-6-5-13(2)14(3)11-15/h5-6,9-12H,4,7-8H2,1-3H3,(H,20,24). The Bertz CT molecular complexity index is 985. The van der Waals surface area contributed by atoms with Crippen molar-refractivity contribution in [2.45, 2.75) is 33.7 Å². The van der Waals surface area contributed by atoms with E-state index in [4.69, 9.17) is 0 Å². The number of carbonyl (C=O) groups excluding carboxylic acids is 1. The number of hydrogen-bond acceptors (Lipinski definition) is 3. The Morgan fingerprint density at radius 2 is 1.96 bits per heavy atom. The van der Waals surface area contributed by atoms with Crippen molar-refractivity contribution in [3.63, 3.8) is 0 Å². The van der Waals surface area contributed by atoms with E-state index in [1.807, 2.05) is 13.0 Å². The fourth-order valence-electron chi connectivity index (χ4n) is 2.75. The van der Waals surface area contributed by atoms with Crippen LogP contribution in [0.5, 0.6) is 0 Å². The average molecular weight is 338 g/mol. The molecule has 1 amide bonds. The second kappa shape index (κ2) is 6.93. The van der Waals surface area contributed by atoms with Gasteiger partial charge < -0.3 is 9.88 Å². The normalized spacial score (nSPS) is 11.0. The highest BCUT2D eigenvalue weighted by molar-refractivity contribution is 5.75. The summed E-state index contributed by atoms with van der Waals surface area (Å²) in [6.45, 7) is 6.94. The number of nitrogens with zero attached hydrogens (tertiary/aromatic N) is 3. The zero-order valence-corrected chi connectivity index (χ0v) is 14.7. The summed E-state index contributed by atoms with van der Waals surface area (Å²) in [5, 5.41) is 7.24. The van der Waals surface area contributed by atoms with Gasteiger partial charge in [-0.05, 0) is 44.0 Å². The van der Waals surface area contributed by atoms with Crippen molar-refractivity contribution < 1.29 is 4.79 Å². The molecule has 2 heterocycles. The largest absolute Gasteiger partial charge is 0.356 e. The number of aromatic nitrogens is 3. The molecule has 1 N–H and O–H groups in total. The third-order valence-electron chi connectivity index (χ3n) is 4.36. The van der Waals surface area contributed by atoms with Crippen molar-refractivity contribution >= 4 is 11.4 Å². The summed E-state index contributed by atoms with van der Waals surface area (Å²) in [5.41, 5.74) is 4.52. The van der Waals surface area contributed by atoms with Crippen molar-refractivity contribution in [1.82, 2.24) is 19.5 Å². The molecular formula is C19H22N4O2. The first kappa shape index (κ1) is 17.0.